The largest absolute Gasteiger partial charge is 0.465 e. The molecular weight excluding hydrogens is 248 g/mol. The third kappa shape index (κ3) is 1.39. The van der Waals surface area contributed by atoms with Crippen LogP contribution in [0.15, 0.2) is 22.8 Å². The lowest BCUT2D eigenvalue weighted by Crippen LogP contribution is -2.00. The van der Waals surface area contributed by atoms with Crippen LogP contribution in [0.5, 0.6) is 0 Å². The SMILES string of the molecule is COC(=O)c1cc(Br)c2[nH]ncc2c1. The molecule has 0 saturated carbocycles. The molecule has 72 valence electrons. The Bertz CT molecular complexity index is 493. The predicted molar refractivity (Wildman–Crippen MR) is 55.1 cm³/mol. The fourth-order valence-corrected chi connectivity index (χ4v) is 1.81. The number of nitrogens with zero attached hydrogens (tertiary/aromatic N) is 1. The zero-order valence-electron chi connectivity index (χ0n) is 7.37. The van der Waals surface area contributed by atoms with Crippen LogP contribution in [-0.2, 0) is 4.74 Å². The van der Waals surface area contributed by atoms with Crippen LogP contribution in [0.25, 0.3) is 10.9 Å². The molecule has 0 atom stereocenters. The van der Waals surface area contributed by atoms with E-state index < -0.39 is 0 Å². The van der Waals surface area contributed by atoms with Crippen LogP contribution in [0.2, 0.25) is 0 Å². The quantitative estimate of drug-likeness (QED) is 0.794. The van der Waals surface area contributed by atoms with E-state index in [2.05, 4.69) is 30.9 Å². The Morgan fingerprint density at radius 3 is 3.07 bits per heavy atom. The van der Waals surface area contributed by atoms with Crippen molar-refractivity contribution in [2.75, 3.05) is 7.11 Å². The predicted octanol–water partition coefficient (Wildman–Crippen LogP) is 2.11. The number of aromatic amines is 1. The lowest BCUT2D eigenvalue weighted by atomic mass is 10.2. The number of esters is 1. The first-order valence-corrected chi connectivity index (χ1v) is 4.72. The summed E-state index contributed by atoms with van der Waals surface area (Å²) in [7, 11) is 1.36. The normalized spacial score (nSPS) is 10.4. The first kappa shape index (κ1) is 9.21. The van der Waals surface area contributed by atoms with Crippen molar-refractivity contribution in [3.05, 3.63) is 28.4 Å². The molecule has 0 radical (unpaired) electrons. The van der Waals surface area contributed by atoms with Crippen LogP contribution in [0.1, 0.15) is 10.4 Å². The van der Waals surface area contributed by atoms with Crippen molar-refractivity contribution >= 4 is 32.8 Å². The van der Waals surface area contributed by atoms with E-state index in [0.29, 0.717) is 5.56 Å². The minimum atomic E-state index is -0.353. The van der Waals surface area contributed by atoms with Gasteiger partial charge in [0.2, 0.25) is 0 Å². The zero-order valence-corrected chi connectivity index (χ0v) is 8.96. The standard InChI is InChI=1S/C9H7BrN2O2/c1-14-9(13)5-2-6-4-11-12-8(6)7(10)3-5/h2-4H,1H3,(H,11,12). The van der Waals surface area contributed by atoms with Crippen LogP contribution in [0.3, 0.4) is 0 Å². The molecule has 1 heterocycles. The van der Waals surface area contributed by atoms with E-state index >= 15 is 0 Å². The second-order valence-corrected chi connectivity index (χ2v) is 3.64. The summed E-state index contributed by atoms with van der Waals surface area (Å²) >= 11 is 3.35. The van der Waals surface area contributed by atoms with Gasteiger partial charge in [-0.15, -0.1) is 0 Å². The topological polar surface area (TPSA) is 55.0 Å². The number of benzene rings is 1. The Hall–Kier alpha value is -1.36. The van der Waals surface area contributed by atoms with Gasteiger partial charge in [0.05, 0.1) is 24.4 Å². The number of rotatable bonds is 1. The van der Waals surface area contributed by atoms with E-state index in [1.807, 2.05) is 0 Å². The van der Waals surface area contributed by atoms with Crippen LogP contribution >= 0.6 is 15.9 Å². The molecule has 0 spiro atoms. The summed E-state index contributed by atoms with van der Waals surface area (Å²) in [6.07, 6.45) is 1.66. The molecule has 0 aliphatic carbocycles. The number of H-pyrrole nitrogens is 1. The highest BCUT2D eigenvalue weighted by atomic mass is 79.9. The number of nitrogens with one attached hydrogen (secondary N) is 1. The highest BCUT2D eigenvalue weighted by Gasteiger charge is 2.09. The molecule has 4 nitrogen and oxygen atoms in total. The summed E-state index contributed by atoms with van der Waals surface area (Å²) in [5, 5.41) is 7.58. The summed E-state index contributed by atoms with van der Waals surface area (Å²) in [6.45, 7) is 0. The Morgan fingerprint density at radius 2 is 2.36 bits per heavy atom. The molecule has 2 rings (SSSR count). The van der Waals surface area contributed by atoms with Gasteiger partial charge in [-0.3, -0.25) is 5.10 Å². The average molecular weight is 255 g/mol. The van der Waals surface area contributed by atoms with E-state index in [4.69, 9.17) is 0 Å². The second kappa shape index (κ2) is 3.42. The van der Waals surface area contributed by atoms with Gasteiger partial charge in [-0.25, -0.2) is 4.79 Å². The molecule has 0 aliphatic rings. The molecule has 1 N–H and O–H groups in total. The molecule has 0 aliphatic heterocycles. The molecule has 2 aromatic rings. The summed E-state index contributed by atoms with van der Waals surface area (Å²) < 4.78 is 5.43. The van der Waals surface area contributed by atoms with E-state index in [1.54, 1.807) is 18.3 Å². The van der Waals surface area contributed by atoms with Crippen molar-refractivity contribution < 1.29 is 9.53 Å². The fourth-order valence-electron chi connectivity index (χ4n) is 1.25. The monoisotopic (exact) mass is 254 g/mol. The van der Waals surface area contributed by atoms with Crippen molar-refractivity contribution in [3.8, 4) is 0 Å². The fraction of sp³-hybridized carbons (Fsp3) is 0.111. The lowest BCUT2D eigenvalue weighted by molar-refractivity contribution is 0.0601. The van der Waals surface area contributed by atoms with Gasteiger partial charge in [0, 0.05) is 9.86 Å². The first-order valence-electron chi connectivity index (χ1n) is 3.93. The van der Waals surface area contributed by atoms with E-state index in [9.17, 15) is 4.79 Å². The maximum atomic E-state index is 11.3. The summed E-state index contributed by atoms with van der Waals surface area (Å²) in [6, 6.07) is 3.43. The van der Waals surface area contributed by atoms with Crippen LogP contribution in [0, 0.1) is 0 Å². The Kier molecular flexibility index (Phi) is 2.25. The summed E-state index contributed by atoms with van der Waals surface area (Å²) in [5.41, 5.74) is 1.38. The number of hydrogen-bond donors (Lipinski definition) is 1. The number of methoxy groups -OCH3 is 1. The van der Waals surface area contributed by atoms with Crippen molar-refractivity contribution in [1.29, 1.82) is 0 Å². The Balaban J connectivity index is 2.64. The van der Waals surface area contributed by atoms with E-state index in [0.717, 1.165) is 15.4 Å². The van der Waals surface area contributed by atoms with Crippen LogP contribution in [-0.4, -0.2) is 23.3 Å². The molecule has 5 heteroatoms. The van der Waals surface area contributed by atoms with Crippen molar-refractivity contribution in [2.45, 2.75) is 0 Å². The Morgan fingerprint density at radius 1 is 1.57 bits per heavy atom. The van der Waals surface area contributed by atoms with Crippen molar-refractivity contribution in [1.82, 2.24) is 10.2 Å². The van der Waals surface area contributed by atoms with E-state index in [1.165, 1.54) is 7.11 Å². The smallest absolute Gasteiger partial charge is 0.337 e. The highest BCUT2D eigenvalue weighted by Crippen LogP contribution is 2.23. The van der Waals surface area contributed by atoms with Gasteiger partial charge in [-0.05, 0) is 28.1 Å². The number of aromatic nitrogens is 2. The molecule has 0 saturated heterocycles. The van der Waals surface area contributed by atoms with Gasteiger partial charge in [0.1, 0.15) is 0 Å². The Labute approximate surface area is 88.4 Å². The minimum absolute atomic E-state index is 0.353. The number of halogens is 1. The van der Waals surface area contributed by atoms with Gasteiger partial charge in [-0.1, -0.05) is 0 Å². The number of ether oxygens (including phenoxy) is 1. The molecule has 1 aromatic heterocycles. The van der Waals surface area contributed by atoms with Gasteiger partial charge in [0.15, 0.2) is 0 Å². The van der Waals surface area contributed by atoms with Crippen LogP contribution in [0.4, 0.5) is 0 Å². The third-order valence-corrected chi connectivity index (χ3v) is 2.55. The van der Waals surface area contributed by atoms with Crippen LogP contribution < -0.4 is 0 Å². The lowest BCUT2D eigenvalue weighted by Gasteiger charge is -2.00. The molecule has 0 unspecified atom stereocenters. The molecule has 14 heavy (non-hydrogen) atoms. The summed E-state index contributed by atoms with van der Waals surface area (Å²) in [5.74, 6) is -0.353. The number of carbonyl (C=O) groups excluding carboxylic acids is 1. The third-order valence-electron chi connectivity index (χ3n) is 1.92. The minimum Gasteiger partial charge on any atom is -0.465 e. The molecule has 0 amide bonds. The van der Waals surface area contributed by atoms with Gasteiger partial charge in [-0.2, -0.15) is 5.10 Å². The van der Waals surface area contributed by atoms with Crippen molar-refractivity contribution in [2.24, 2.45) is 0 Å². The molecule has 1 aromatic carbocycles. The maximum Gasteiger partial charge on any atom is 0.337 e. The number of fused-ring (bicyclic) bond motifs is 1. The number of hydrogen-bond acceptors (Lipinski definition) is 3. The van der Waals surface area contributed by atoms with Crippen molar-refractivity contribution in [3.63, 3.8) is 0 Å². The molecule has 0 fully saturated rings. The molecular formula is C9H7BrN2O2. The molecule has 0 bridgehead atoms. The zero-order chi connectivity index (χ0) is 10.1. The summed E-state index contributed by atoms with van der Waals surface area (Å²) in [4.78, 5) is 11.3. The maximum absolute atomic E-state index is 11.3. The van der Waals surface area contributed by atoms with Gasteiger partial charge >= 0.3 is 5.97 Å². The van der Waals surface area contributed by atoms with Gasteiger partial charge < -0.3 is 4.74 Å². The second-order valence-electron chi connectivity index (χ2n) is 2.78. The first-order chi connectivity index (χ1) is 6.72. The van der Waals surface area contributed by atoms with Gasteiger partial charge in [0.25, 0.3) is 0 Å². The number of carbonyl (C=O) groups is 1. The highest BCUT2D eigenvalue weighted by molar-refractivity contribution is 9.10. The average Bonchev–Trinajstić information content (AvgIpc) is 2.64. The van der Waals surface area contributed by atoms with E-state index in [-0.39, 0.29) is 5.97 Å².